The van der Waals surface area contributed by atoms with Crippen molar-refractivity contribution in [2.45, 2.75) is 13.8 Å². The minimum atomic E-state index is -0.617. The zero-order valence-electron chi connectivity index (χ0n) is 12.8. The number of rotatable bonds is 5. The first kappa shape index (κ1) is 17.0. The molecule has 0 bridgehead atoms. The summed E-state index contributed by atoms with van der Waals surface area (Å²) in [5.41, 5.74) is 2.69. The van der Waals surface area contributed by atoms with E-state index in [1.54, 1.807) is 12.1 Å². The highest BCUT2D eigenvalue weighted by Gasteiger charge is 2.08. The number of hydrogen-bond acceptors (Lipinski definition) is 4. The van der Waals surface area contributed by atoms with Crippen LogP contribution in [0.2, 0.25) is 0 Å². The van der Waals surface area contributed by atoms with E-state index in [-0.39, 0.29) is 12.5 Å². The number of anilines is 1. The maximum atomic E-state index is 11.8. The average Bonchev–Trinajstić information content (AvgIpc) is 2.92. The minimum Gasteiger partial charge on any atom is -0.452 e. The Morgan fingerprint density at radius 2 is 2.04 bits per heavy atom. The van der Waals surface area contributed by atoms with Gasteiger partial charge in [-0.2, -0.15) is 0 Å². The molecule has 0 fully saturated rings. The molecule has 0 radical (unpaired) electrons. The first-order valence-electron chi connectivity index (χ1n) is 6.91. The van der Waals surface area contributed by atoms with Gasteiger partial charge in [0.15, 0.2) is 11.3 Å². The van der Waals surface area contributed by atoms with Crippen molar-refractivity contribution in [3.63, 3.8) is 0 Å². The zero-order chi connectivity index (χ0) is 16.8. The summed E-state index contributed by atoms with van der Waals surface area (Å²) in [6.45, 7) is 3.48. The molecule has 6 heteroatoms. The maximum absolute atomic E-state index is 11.8. The Kier molecular flexibility index (Phi) is 5.76. The van der Waals surface area contributed by atoms with Gasteiger partial charge in [-0.1, -0.05) is 12.1 Å². The minimum absolute atomic E-state index is 0.349. The largest absolute Gasteiger partial charge is 0.452 e. The van der Waals surface area contributed by atoms with Crippen molar-refractivity contribution in [3.05, 3.63) is 58.0 Å². The molecular formula is C17H16BrNO4. The van der Waals surface area contributed by atoms with E-state index in [1.165, 1.54) is 12.2 Å². The van der Waals surface area contributed by atoms with E-state index in [1.807, 2.05) is 32.0 Å². The number of aryl methyl sites for hydroxylation is 2. The van der Waals surface area contributed by atoms with E-state index in [9.17, 15) is 9.59 Å². The molecule has 5 nitrogen and oxygen atoms in total. The van der Waals surface area contributed by atoms with Gasteiger partial charge >= 0.3 is 5.97 Å². The third-order valence-corrected chi connectivity index (χ3v) is 3.42. The summed E-state index contributed by atoms with van der Waals surface area (Å²) in [5.74, 6) is -0.497. The molecule has 2 rings (SSSR count). The lowest BCUT2D eigenvalue weighted by atomic mass is 10.1. The molecule has 0 aliphatic carbocycles. The van der Waals surface area contributed by atoms with Crippen LogP contribution in [0.1, 0.15) is 16.9 Å². The molecule has 0 aliphatic heterocycles. The molecule has 1 aromatic carbocycles. The third-order valence-electron chi connectivity index (χ3n) is 2.99. The second-order valence-electron chi connectivity index (χ2n) is 4.95. The number of benzene rings is 1. The lowest BCUT2D eigenvalue weighted by molar-refractivity contribution is -0.142. The lowest BCUT2D eigenvalue weighted by Gasteiger charge is -2.09. The van der Waals surface area contributed by atoms with Gasteiger partial charge in [0.2, 0.25) is 0 Å². The zero-order valence-corrected chi connectivity index (χ0v) is 14.3. The predicted octanol–water partition coefficient (Wildman–Crippen LogP) is 3.85. The van der Waals surface area contributed by atoms with Crippen LogP contribution in [0, 0.1) is 13.8 Å². The van der Waals surface area contributed by atoms with Crippen LogP contribution in [-0.4, -0.2) is 18.5 Å². The van der Waals surface area contributed by atoms with Crippen LogP contribution in [0.3, 0.4) is 0 Å². The Morgan fingerprint density at radius 1 is 1.26 bits per heavy atom. The van der Waals surface area contributed by atoms with Gasteiger partial charge < -0.3 is 14.5 Å². The fraction of sp³-hybridized carbons (Fsp3) is 0.176. The fourth-order valence-electron chi connectivity index (χ4n) is 1.81. The van der Waals surface area contributed by atoms with Gasteiger partial charge in [-0.25, -0.2) is 4.79 Å². The second-order valence-corrected chi connectivity index (χ2v) is 5.73. The Balaban J connectivity index is 1.83. The van der Waals surface area contributed by atoms with Crippen LogP contribution >= 0.6 is 15.9 Å². The second kappa shape index (κ2) is 7.78. The van der Waals surface area contributed by atoms with Crippen molar-refractivity contribution in [2.75, 3.05) is 11.9 Å². The first-order chi connectivity index (χ1) is 10.9. The van der Waals surface area contributed by atoms with E-state index in [0.29, 0.717) is 16.1 Å². The molecule has 2 aromatic rings. The molecular weight excluding hydrogens is 362 g/mol. The van der Waals surface area contributed by atoms with Gasteiger partial charge in [0.1, 0.15) is 5.76 Å². The Morgan fingerprint density at radius 3 is 2.74 bits per heavy atom. The Bertz CT molecular complexity index is 749. The maximum Gasteiger partial charge on any atom is 0.331 e. The number of ether oxygens (including phenoxy) is 1. The molecule has 1 N–H and O–H groups in total. The van der Waals surface area contributed by atoms with Crippen molar-refractivity contribution in [2.24, 2.45) is 0 Å². The van der Waals surface area contributed by atoms with E-state index in [2.05, 4.69) is 21.2 Å². The highest BCUT2D eigenvalue weighted by molar-refractivity contribution is 9.10. The lowest BCUT2D eigenvalue weighted by Crippen LogP contribution is -2.20. The summed E-state index contributed by atoms with van der Waals surface area (Å²) in [6, 6.07) is 9.15. The molecule has 0 unspecified atom stereocenters. The standard InChI is InChI=1S/C17H16BrNO4/c1-11-3-4-12(2)14(9-11)19-16(20)10-22-17(21)8-6-13-5-7-15(18)23-13/h3-9H,10H2,1-2H3,(H,19,20)/b8-6+. The van der Waals surface area contributed by atoms with Crippen molar-refractivity contribution < 1.29 is 18.7 Å². The van der Waals surface area contributed by atoms with Crippen LogP contribution in [0.15, 0.2) is 45.5 Å². The van der Waals surface area contributed by atoms with Crippen LogP contribution in [0.25, 0.3) is 6.08 Å². The van der Waals surface area contributed by atoms with Crippen LogP contribution in [0.5, 0.6) is 0 Å². The fourth-order valence-corrected chi connectivity index (χ4v) is 2.13. The van der Waals surface area contributed by atoms with Crippen molar-refractivity contribution in [1.82, 2.24) is 0 Å². The number of amides is 1. The van der Waals surface area contributed by atoms with Crippen molar-refractivity contribution in [1.29, 1.82) is 0 Å². The van der Waals surface area contributed by atoms with Crippen molar-refractivity contribution in [3.8, 4) is 0 Å². The van der Waals surface area contributed by atoms with E-state index < -0.39 is 5.97 Å². The van der Waals surface area contributed by atoms with Gasteiger partial charge in [-0.3, -0.25) is 4.79 Å². The molecule has 1 heterocycles. The number of hydrogen-bond donors (Lipinski definition) is 1. The molecule has 0 saturated carbocycles. The summed E-state index contributed by atoms with van der Waals surface area (Å²) >= 11 is 3.16. The van der Waals surface area contributed by atoms with Gasteiger partial charge in [0.25, 0.3) is 5.91 Å². The summed E-state index contributed by atoms with van der Waals surface area (Å²) in [6.07, 6.45) is 2.67. The molecule has 1 amide bonds. The van der Waals surface area contributed by atoms with Crippen LogP contribution < -0.4 is 5.32 Å². The predicted molar refractivity (Wildman–Crippen MR) is 90.9 cm³/mol. The number of esters is 1. The summed E-state index contributed by atoms with van der Waals surface area (Å²) in [7, 11) is 0. The van der Waals surface area contributed by atoms with Gasteiger partial charge in [0, 0.05) is 11.8 Å². The number of carbonyl (C=O) groups is 2. The molecule has 0 atom stereocenters. The summed E-state index contributed by atoms with van der Waals surface area (Å²) < 4.78 is 10.7. The summed E-state index contributed by atoms with van der Waals surface area (Å²) in [5, 5.41) is 2.72. The van der Waals surface area contributed by atoms with E-state index >= 15 is 0 Å². The van der Waals surface area contributed by atoms with E-state index in [0.717, 1.165) is 11.1 Å². The SMILES string of the molecule is Cc1ccc(C)c(NC(=O)COC(=O)/C=C/c2ccc(Br)o2)c1. The smallest absolute Gasteiger partial charge is 0.331 e. The highest BCUT2D eigenvalue weighted by Crippen LogP contribution is 2.16. The molecule has 0 saturated heterocycles. The molecule has 120 valence electrons. The van der Waals surface area contributed by atoms with Gasteiger partial charge in [-0.15, -0.1) is 0 Å². The van der Waals surface area contributed by atoms with E-state index in [4.69, 9.17) is 9.15 Å². The number of furan rings is 1. The van der Waals surface area contributed by atoms with Crippen molar-refractivity contribution >= 4 is 39.6 Å². The number of nitrogens with one attached hydrogen (secondary N) is 1. The summed E-state index contributed by atoms with van der Waals surface area (Å²) in [4.78, 5) is 23.4. The number of carbonyl (C=O) groups excluding carboxylic acids is 2. The van der Waals surface area contributed by atoms with Gasteiger partial charge in [-0.05, 0) is 65.2 Å². The topological polar surface area (TPSA) is 68.5 Å². The molecule has 1 aromatic heterocycles. The molecule has 0 aliphatic rings. The third kappa shape index (κ3) is 5.41. The normalized spacial score (nSPS) is 10.7. The average molecular weight is 378 g/mol. The number of halogens is 1. The van der Waals surface area contributed by atoms with Crippen LogP contribution in [-0.2, 0) is 14.3 Å². The first-order valence-corrected chi connectivity index (χ1v) is 7.70. The monoisotopic (exact) mass is 377 g/mol. The van der Waals surface area contributed by atoms with Gasteiger partial charge in [0.05, 0.1) is 0 Å². The van der Waals surface area contributed by atoms with Crippen LogP contribution in [0.4, 0.5) is 5.69 Å². The molecule has 23 heavy (non-hydrogen) atoms. The molecule has 0 spiro atoms. The quantitative estimate of drug-likeness (QED) is 0.634. The Labute approximate surface area is 142 Å². The Hall–Kier alpha value is -2.34. The highest BCUT2D eigenvalue weighted by atomic mass is 79.9.